The van der Waals surface area contributed by atoms with Gasteiger partial charge in [0.2, 0.25) is 0 Å². The Hall–Kier alpha value is -0.750. The Balaban J connectivity index is 2.64. The molecule has 1 N–H and O–H groups in total. The number of ether oxygens (including phenoxy) is 1. The van der Waals surface area contributed by atoms with Crippen LogP contribution in [0.5, 0.6) is 0 Å². The average Bonchev–Trinajstić information content (AvgIpc) is 2.68. The van der Waals surface area contributed by atoms with Gasteiger partial charge in [-0.1, -0.05) is 6.92 Å². The second-order valence-corrected chi connectivity index (χ2v) is 6.05. The maximum absolute atomic E-state index is 11.6. The molecule has 0 aliphatic heterocycles. The standard InChI is InChI=1S/C11H18N2O2S2/c1-5-15-10(14)9-8(3)17-11(13-9)12-6-7(2)16-4/h7H,5-6H2,1-4H3,(H,12,13). The summed E-state index contributed by atoms with van der Waals surface area (Å²) < 4.78 is 4.94. The number of hydrogen-bond acceptors (Lipinski definition) is 6. The van der Waals surface area contributed by atoms with Crippen LogP contribution in [-0.2, 0) is 4.74 Å². The molecule has 1 rings (SSSR count). The highest BCUT2D eigenvalue weighted by molar-refractivity contribution is 7.99. The van der Waals surface area contributed by atoms with E-state index >= 15 is 0 Å². The average molecular weight is 274 g/mol. The first-order valence-corrected chi connectivity index (χ1v) is 7.60. The Bertz CT molecular complexity index is 380. The molecule has 1 aromatic rings. The molecule has 17 heavy (non-hydrogen) atoms. The molecule has 0 saturated heterocycles. The Morgan fingerprint density at radius 1 is 1.65 bits per heavy atom. The Labute approximate surface area is 110 Å². The number of nitrogens with zero attached hydrogens (tertiary/aromatic N) is 1. The second kappa shape index (κ2) is 6.86. The number of hydrogen-bond donors (Lipinski definition) is 1. The van der Waals surface area contributed by atoms with Crippen LogP contribution < -0.4 is 5.32 Å². The maximum atomic E-state index is 11.6. The predicted octanol–water partition coefficient (Wildman–Crippen LogP) is 2.79. The molecule has 1 atom stereocenters. The number of esters is 1. The Morgan fingerprint density at radius 2 is 2.35 bits per heavy atom. The van der Waals surface area contributed by atoms with E-state index in [4.69, 9.17) is 4.74 Å². The minimum Gasteiger partial charge on any atom is -0.461 e. The number of aromatic nitrogens is 1. The minimum atomic E-state index is -0.341. The summed E-state index contributed by atoms with van der Waals surface area (Å²) in [7, 11) is 0. The third-order valence-electron chi connectivity index (χ3n) is 2.21. The first kappa shape index (κ1) is 14.3. The molecule has 1 unspecified atom stereocenters. The summed E-state index contributed by atoms with van der Waals surface area (Å²) in [5, 5.41) is 4.53. The van der Waals surface area contributed by atoms with Crippen molar-refractivity contribution >= 4 is 34.2 Å². The van der Waals surface area contributed by atoms with E-state index in [9.17, 15) is 4.79 Å². The van der Waals surface area contributed by atoms with Crippen LogP contribution in [0.1, 0.15) is 29.2 Å². The highest BCUT2D eigenvalue weighted by Gasteiger charge is 2.16. The number of rotatable bonds is 6. The molecule has 6 heteroatoms. The van der Waals surface area contributed by atoms with E-state index in [-0.39, 0.29) is 5.97 Å². The topological polar surface area (TPSA) is 51.2 Å². The smallest absolute Gasteiger partial charge is 0.358 e. The molecule has 1 aromatic heterocycles. The zero-order valence-corrected chi connectivity index (χ0v) is 12.2. The largest absolute Gasteiger partial charge is 0.461 e. The molecular formula is C11H18N2O2S2. The van der Waals surface area contributed by atoms with E-state index < -0.39 is 0 Å². The molecule has 0 saturated carbocycles. The number of anilines is 1. The summed E-state index contributed by atoms with van der Waals surface area (Å²) in [6, 6.07) is 0. The van der Waals surface area contributed by atoms with Gasteiger partial charge in [-0.25, -0.2) is 9.78 Å². The van der Waals surface area contributed by atoms with Gasteiger partial charge >= 0.3 is 5.97 Å². The molecule has 0 radical (unpaired) electrons. The van der Waals surface area contributed by atoms with Gasteiger partial charge in [0.15, 0.2) is 10.8 Å². The number of aryl methyl sites for hydroxylation is 1. The van der Waals surface area contributed by atoms with Gasteiger partial charge < -0.3 is 10.1 Å². The van der Waals surface area contributed by atoms with Crippen LogP contribution in [0.15, 0.2) is 0 Å². The van der Waals surface area contributed by atoms with Gasteiger partial charge in [0, 0.05) is 16.7 Å². The van der Waals surface area contributed by atoms with E-state index in [0.29, 0.717) is 17.6 Å². The first-order valence-electron chi connectivity index (χ1n) is 5.49. The first-order chi connectivity index (χ1) is 8.08. The number of carbonyl (C=O) groups excluding carboxylic acids is 1. The van der Waals surface area contributed by atoms with Gasteiger partial charge in [0.05, 0.1) is 6.61 Å². The zero-order chi connectivity index (χ0) is 12.8. The zero-order valence-electron chi connectivity index (χ0n) is 10.6. The normalized spacial score (nSPS) is 12.2. The number of thiazole rings is 1. The fourth-order valence-electron chi connectivity index (χ4n) is 1.18. The van der Waals surface area contributed by atoms with Crippen LogP contribution in [0.25, 0.3) is 0 Å². The fraction of sp³-hybridized carbons (Fsp3) is 0.636. The second-order valence-electron chi connectivity index (χ2n) is 3.57. The summed E-state index contributed by atoms with van der Waals surface area (Å²) in [6.07, 6.45) is 2.07. The Morgan fingerprint density at radius 3 is 2.94 bits per heavy atom. The SMILES string of the molecule is CCOC(=O)c1nc(NCC(C)SC)sc1C. The molecule has 0 aliphatic rings. The molecule has 0 fully saturated rings. The third-order valence-corrected chi connectivity index (χ3v) is 4.11. The molecular weight excluding hydrogens is 256 g/mol. The van der Waals surface area contributed by atoms with Crippen molar-refractivity contribution in [2.45, 2.75) is 26.0 Å². The summed E-state index contributed by atoms with van der Waals surface area (Å²) in [5.41, 5.74) is 0.427. The third kappa shape index (κ3) is 4.20. The Kier molecular flexibility index (Phi) is 5.77. The monoisotopic (exact) mass is 274 g/mol. The predicted molar refractivity (Wildman–Crippen MR) is 74.3 cm³/mol. The van der Waals surface area contributed by atoms with Gasteiger partial charge in [-0.15, -0.1) is 11.3 Å². The van der Waals surface area contributed by atoms with Crippen molar-refractivity contribution in [2.24, 2.45) is 0 Å². The minimum absolute atomic E-state index is 0.341. The number of thioether (sulfide) groups is 1. The molecule has 4 nitrogen and oxygen atoms in total. The van der Waals surface area contributed by atoms with Crippen molar-refractivity contribution in [1.29, 1.82) is 0 Å². The van der Waals surface area contributed by atoms with E-state index in [1.807, 2.05) is 6.92 Å². The molecule has 0 aromatic carbocycles. The maximum Gasteiger partial charge on any atom is 0.358 e. The van der Waals surface area contributed by atoms with Gasteiger partial charge in [0.25, 0.3) is 0 Å². The highest BCUT2D eigenvalue weighted by atomic mass is 32.2. The van der Waals surface area contributed by atoms with Crippen molar-refractivity contribution in [2.75, 3.05) is 24.7 Å². The van der Waals surface area contributed by atoms with Gasteiger partial charge in [0.1, 0.15) is 0 Å². The summed E-state index contributed by atoms with van der Waals surface area (Å²) in [4.78, 5) is 16.7. The lowest BCUT2D eigenvalue weighted by Crippen LogP contribution is -2.13. The lowest BCUT2D eigenvalue weighted by Gasteiger charge is -2.07. The molecule has 0 bridgehead atoms. The molecule has 1 heterocycles. The van der Waals surface area contributed by atoms with E-state index in [2.05, 4.69) is 23.5 Å². The van der Waals surface area contributed by atoms with E-state index in [1.165, 1.54) is 11.3 Å². The lowest BCUT2D eigenvalue weighted by atomic mass is 10.4. The van der Waals surface area contributed by atoms with Crippen LogP contribution >= 0.6 is 23.1 Å². The summed E-state index contributed by atoms with van der Waals surface area (Å²) in [6.45, 7) is 7.04. The molecule has 96 valence electrons. The summed E-state index contributed by atoms with van der Waals surface area (Å²) >= 11 is 3.28. The van der Waals surface area contributed by atoms with Gasteiger partial charge in [-0.2, -0.15) is 11.8 Å². The molecule has 0 spiro atoms. The fourth-order valence-corrected chi connectivity index (χ4v) is 2.23. The van der Waals surface area contributed by atoms with Crippen LogP contribution in [0.4, 0.5) is 5.13 Å². The number of carbonyl (C=O) groups is 1. The van der Waals surface area contributed by atoms with Crippen molar-refractivity contribution < 1.29 is 9.53 Å². The lowest BCUT2D eigenvalue weighted by molar-refractivity contribution is 0.0519. The molecule has 0 aliphatic carbocycles. The van der Waals surface area contributed by atoms with Crippen LogP contribution in [0.3, 0.4) is 0 Å². The van der Waals surface area contributed by atoms with Crippen molar-refractivity contribution in [3.8, 4) is 0 Å². The van der Waals surface area contributed by atoms with Crippen molar-refractivity contribution in [3.05, 3.63) is 10.6 Å². The van der Waals surface area contributed by atoms with Crippen LogP contribution in [0.2, 0.25) is 0 Å². The molecule has 0 amide bonds. The van der Waals surface area contributed by atoms with Crippen LogP contribution in [0, 0.1) is 6.92 Å². The van der Waals surface area contributed by atoms with Gasteiger partial charge in [-0.05, 0) is 20.1 Å². The van der Waals surface area contributed by atoms with E-state index in [0.717, 1.165) is 16.6 Å². The number of nitrogens with one attached hydrogen (secondary N) is 1. The summed E-state index contributed by atoms with van der Waals surface area (Å²) in [5.74, 6) is -0.341. The quantitative estimate of drug-likeness (QED) is 0.808. The van der Waals surface area contributed by atoms with E-state index in [1.54, 1.807) is 18.7 Å². The van der Waals surface area contributed by atoms with Gasteiger partial charge in [-0.3, -0.25) is 0 Å². The van der Waals surface area contributed by atoms with Crippen molar-refractivity contribution in [3.63, 3.8) is 0 Å². The van der Waals surface area contributed by atoms with Crippen LogP contribution in [-0.4, -0.2) is 35.6 Å². The van der Waals surface area contributed by atoms with Crippen molar-refractivity contribution in [1.82, 2.24) is 4.98 Å². The highest BCUT2D eigenvalue weighted by Crippen LogP contribution is 2.23.